The Hall–Kier alpha value is -3.23. The van der Waals surface area contributed by atoms with Crippen LogP contribution in [0.5, 0.6) is 5.88 Å². The zero-order valence-corrected chi connectivity index (χ0v) is 18.5. The molecule has 0 atom stereocenters. The smallest absolute Gasteiger partial charge is 0.231 e. The van der Waals surface area contributed by atoms with E-state index in [0.717, 1.165) is 54.6 Å². The fraction of sp³-hybridized carbons (Fsp3) is 0.500. The molecule has 0 aromatic carbocycles. The first-order chi connectivity index (χ1) is 14.9. The van der Waals surface area contributed by atoms with Gasteiger partial charge >= 0.3 is 0 Å². The van der Waals surface area contributed by atoms with Gasteiger partial charge in [0.2, 0.25) is 5.88 Å². The Balaban J connectivity index is 1.19. The van der Waals surface area contributed by atoms with Crippen molar-refractivity contribution in [1.29, 1.82) is 0 Å². The average Bonchev–Trinajstić information content (AvgIpc) is 3.36. The highest BCUT2D eigenvalue weighted by Gasteiger charge is 2.22. The van der Waals surface area contributed by atoms with Gasteiger partial charge in [0, 0.05) is 24.6 Å². The van der Waals surface area contributed by atoms with Gasteiger partial charge < -0.3 is 9.64 Å². The number of hydrogen-bond acceptors (Lipinski definition) is 7. The van der Waals surface area contributed by atoms with Crippen molar-refractivity contribution in [3.63, 3.8) is 0 Å². The molecule has 9 heteroatoms. The maximum absolute atomic E-state index is 6.04. The minimum absolute atomic E-state index is 0.00481. The van der Waals surface area contributed by atoms with Crippen LogP contribution in [0.3, 0.4) is 0 Å². The summed E-state index contributed by atoms with van der Waals surface area (Å²) in [4.78, 5) is 6.98. The van der Waals surface area contributed by atoms with E-state index in [9.17, 15) is 0 Å². The molecule has 9 nitrogen and oxygen atoms in total. The molecule has 0 saturated carbocycles. The van der Waals surface area contributed by atoms with Gasteiger partial charge in [0.1, 0.15) is 5.82 Å². The summed E-state index contributed by atoms with van der Waals surface area (Å²) in [6.45, 7) is 11.0. The molecule has 4 aromatic rings. The highest BCUT2D eigenvalue weighted by Crippen LogP contribution is 2.24. The molecule has 0 amide bonds. The van der Waals surface area contributed by atoms with E-state index in [1.807, 2.05) is 41.9 Å². The molecule has 1 saturated heterocycles. The van der Waals surface area contributed by atoms with Crippen molar-refractivity contribution in [3.05, 3.63) is 42.0 Å². The third-order valence-corrected chi connectivity index (χ3v) is 5.87. The molecule has 162 valence electrons. The third-order valence-electron chi connectivity index (χ3n) is 5.87. The largest absolute Gasteiger partial charge is 0.476 e. The van der Waals surface area contributed by atoms with E-state index in [-0.39, 0.29) is 5.41 Å². The van der Waals surface area contributed by atoms with E-state index in [1.54, 1.807) is 4.52 Å². The lowest BCUT2D eigenvalue weighted by Crippen LogP contribution is -2.36. The highest BCUT2D eigenvalue weighted by atomic mass is 16.5. The minimum Gasteiger partial charge on any atom is -0.476 e. The number of anilines is 1. The van der Waals surface area contributed by atoms with Gasteiger partial charge in [0.05, 0.1) is 18.5 Å². The quantitative estimate of drug-likeness (QED) is 0.501. The van der Waals surface area contributed by atoms with Crippen LogP contribution in [0.2, 0.25) is 0 Å². The second-order valence-electron chi connectivity index (χ2n) is 9.30. The van der Waals surface area contributed by atoms with E-state index in [1.165, 1.54) is 0 Å². The van der Waals surface area contributed by atoms with Crippen molar-refractivity contribution >= 4 is 17.1 Å². The Kier molecular flexibility index (Phi) is 4.75. The van der Waals surface area contributed by atoms with Gasteiger partial charge in [-0.05, 0) is 43.9 Å². The molecule has 0 unspecified atom stereocenters. The predicted octanol–water partition coefficient (Wildman–Crippen LogP) is 3.07. The van der Waals surface area contributed by atoms with Gasteiger partial charge in [0.15, 0.2) is 17.1 Å². The van der Waals surface area contributed by atoms with Crippen molar-refractivity contribution in [2.45, 2.75) is 46.0 Å². The summed E-state index contributed by atoms with van der Waals surface area (Å²) in [5.74, 6) is 2.92. The molecule has 0 aliphatic carbocycles. The van der Waals surface area contributed by atoms with Gasteiger partial charge in [-0.15, -0.1) is 20.4 Å². The standard InChI is InChI=1S/C22H28N8O/c1-15-24-25-19-5-6-20(26-30(15)19)28-11-9-16(10-12-28)14-31-21-8-7-18-23-17(22(2,3)4)13-29(18)27-21/h5-8,13,16H,9-12,14H2,1-4H3. The van der Waals surface area contributed by atoms with Crippen molar-refractivity contribution in [3.8, 4) is 5.88 Å². The summed E-state index contributed by atoms with van der Waals surface area (Å²) < 4.78 is 9.65. The summed E-state index contributed by atoms with van der Waals surface area (Å²) in [5, 5.41) is 17.5. The van der Waals surface area contributed by atoms with Crippen LogP contribution in [0.25, 0.3) is 11.3 Å². The maximum Gasteiger partial charge on any atom is 0.231 e. The van der Waals surface area contributed by atoms with Gasteiger partial charge in [-0.2, -0.15) is 4.52 Å². The van der Waals surface area contributed by atoms with Crippen molar-refractivity contribution < 1.29 is 4.74 Å². The lowest BCUT2D eigenvalue weighted by Gasteiger charge is -2.32. The maximum atomic E-state index is 6.04. The number of ether oxygens (including phenoxy) is 1. The molecule has 4 aromatic heterocycles. The molecule has 0 spiro atoms. The van der Waals surface area contributed by atoms with Crippen LogP contribution >= 0.6 is 0 Å². The summed E-state index contributed by atoms with van der Waals surface area (Å²) in [6, 6.07) is 7.87. The lowest BCUT2D eigenvalue weighted by molar-refractivity contribution is 0.213. The van der Waals surface area contributed by atoms with Crippen molar-refractivity contribution in [1.82, 2.24) is 34.4 Å². The zero-order valence-electron chi connectivity index (χ0n) is 18.5. The summed E-state index contributed by atoms with van der Waals surface area (Å²) in [5.41, 5.74) is 2.65. The number of rotatable bonds is 4. The molecular formula is C22H28N8O. The summed E-state index contributed by atoms with van der Waals surface area (Å²) in [7, 11) is 0. The molecule has 0 N–H and O–H groups in total. The topological polar surface area (TPSA) is 85.7 Å². The van der Waals surface area contributed by atoms with E-state index in [4.69, 9.17) is 9.84 Å². The van der Waals surface area contributed by atoms with Crippen LogP contribution in [0, 0.1) is 12.8 Å². The fourth-order valence-corrected chi connectivity index (χ4v) is 3.89. The molecule has 31 heavy (non-hydrogen) atoms. The zero-order chi connectivity index (χ0) is 21.6. The van der Waals surface area contributed by atoms with Gasteiger partial charge in [-0.1, -0.05) is 20.8 Å². The number of imidazole rings is 1. The van der Waals surface area contributed by atoms with Crippen molar-refractivity contribution in [2.75, 3.05) is 24.6 Å². The highest BCUT2D eigenvalue weighted by molar-refractivity contribution is 5.46. The lowest BCUT2D eigenvalue weighted by atomic mass is 9.93. The number of fused-ring (bicyclic) bond motifs is 2. The minimum atomic E-state index is -0.00481. The summed E-state index contributed by atoms with van der Waals surface area (Å²) >= 11 is 0. The number of piperidine rings is 1. The normalized spacial score (nSPS) is 15.8. The fourth-order valence-electron chi connectivity index (χ4n) is 3.89. The number of hydrogen-bond donors (Lipinski definition) is 0. The Labute approximate surface area is 181 Å². The van der Waals surface area contributed by atoms with Gasteiger partial charge in [0.25, 0.3) is 0 Å². The molecule has 1 aliphatic rings. The van der Waals surface area contributed by atoms with Crippen LogP contribution in [0.15, 0.2) is 30.5 Å². The van der Waals surface area contributed by atoms with E-state index in [0.29, 0.717) is 18.4 Å². The molecule has 5 rings (SSSR count). The molecule has 1 aliphatic heterocycles. The van der Waals surface area contributed by atoms with Crippen LogP contribution in [0.1, 0.15) is 45.1 Å². The summed E-state index contributed by atoms with van der Waals surface area (Å²) in [6.07, 6.45) is 4.10. The first-order valence-electron chi connectivity index (χ1n) is 10.8. The average molecular weight is 421 g/mol. The SMILES string of the molecule is Cc1nnc2ccc(N3CCC(COc4ccc5nc(C(C)(C)C)cn5n4)CC3)nn12. The molecule has 5 heterocycles. The molecule has 0 radical (unpaired) electrons. The van der Waals surface area contributed by atoms with Crippen LogP contribution < -0.4 is 9.64 Å². The van der Waals surface area contributed by atoms with Crippen LogP contribution in [0.4, 0.5) is 5.82 Å². The van der Waals surface area contributed by atoms with Gasteiger partial charge in [-0.3, -0.25) is 0 Å². The Bertz CT molecular complexity index is 1210. The van der Waals surface area contributed by atoms with Gasteiger partial charge in [-0.25, -0.2) is 9.50 Å². The van der Waals surface area contributed by atoms with Crippen LogP contribution in [-0.4, -0.2) is 54.1 Å². The first-order valence-corrected chi connectivity index (χ1v) is 10.8. The molecule has 1 fully saturated rings. The Morgan fingerprint density at radius 2 is 1.77 bits per heavy atom. The van der Waals surface area contributed by atoms with E-state index < -0.39 is 0 Å². The predicted molar refractivity (Wildman–Crippen MR) is 118 cm³/mol. The van der Waals surface area contributed by atoms with Crippen LogP contribution in [-0.2, 0) is 5.41 Å². The molecular weight excluding hydrogens is 392 g/mol. The second kappa shape index (κ2) is 7.47. The van der Waals surface area contributed by atoms with Crippen molar-refractivity contribution in [2.24, 2.45) is 5.92 Å². The second-order valence-corrected chi connectivity index (χ2v) is 9.30. The monoisotopic (exact) mass is 420 g/mol. The first kappa shape index (κ1) is 19.7. The molecule has 0 bridgehead atoms. The number of nitrogens with zero attached hydrogens (tertiary/aromatic N) is 8. The van der Waals surface area contributed by atoms with E-state index >= 15 is 0 Å². The third kappa shape index (κ3) is 3.92. The number of aromatic nitrogens is 7. The number of aryl methyl sites for hydroxylation is 1. The Morgan fingerprint density at radius 1 is 1.00 bits per heavy atom. The van der Waals surface area contributed by atoms with E-state index in [2.05, 4.69) is 46.0 Å². The Morgan fingerprint density at radius 3 is 2.55 bits per heavy atom.